The third-order valence-corrected chi connectivity index (χ3v) is 3.42. The standard InChI is InChI=1S/C22H34O2/c1-2-3-4-5-6-7-8-9-10-11-12-13-14-15-16-17-18-19-20-21-22(23)24/h6-7,9-10,12-13,15-16,18-19H,2-5,8,11,14,17,20-21H2,1H3,(H,23,24)/b7-6+,10-9-,13-12-,16-15-,19-18+. The number of carbonyl (C=O) groups is 1. The summed E-state index contributed by atoms with van der Waals surface area (Å²) in [5, 5.41) is 8.49. The summed E-state index contributed by atoms with van der Waals surface area (Å²) in [6.45, 7) is 2.23. The van der Waals surface area contributed by atoms with Crippen LogP contribution in [0.4, 0.5) is 0 Å². The molecule has 0 aliphatic carbocycles. The van der Waals surface area contributed by atoms with Crippen LogP contribution in [-0.2, 0) is 4.79 Å². The molecule has 0 radical (unpaired) electrons. The van der Waals surface area contributed by atoms with E-state index in [2.05, 4.69) is 55.5 Å². The predicted molar refractivity (Wildman–Crippen MR) is 105 cm³/mol. The molecule has 0 aromatic heterocycles. The Bertz CT molecular complexity index is 425. The average molecular weight is 331 g/mol. The summed E-state index contributed by atoms with van der Waals surface area (Å²) in [5.74, 6) is -0.739. The van der Waals surface area contributed by atoms with Crippen molar-refractivity contribution >= 4 is 5.97 Å². The number of allylic oxidation sites excluding steroid dienone is 10. The summed E-state index contributed by atoms with van der Waals surface area (Å²) in [6, 6.07) is 0. The van der Waals surface area contributed by atoms with Crippen molar-refractivity contribution in [3.63, 3.8) is 0 Å². The summed E-state index contributed by atoms with van der Waals surface area (Å²) >= 11 is 0. The average Bonchev–Trinajstić information content (AvgIpc) is 2.56. The third-order valence-electron chi connectivity index (χ3n) is 3.42. The van der Waals surface area contributed by atoms with Gasteiger partial charge in [-0.2, -0.15) is 0 Å². The largest absolute Gasteiger partial charge is 0.481 e. The van der Waals surface area contributed by atoms with Gasteiger partial charge in [0.1, 0.15) is 0 Å². The first-order chi connectivity index (χ1) is 11.8. The highest BCUT2D eigenvalue weighted by Crippen LogP contribution is 2.01. The molecule has 134 valence electrons. The number of hydrogen-bond acceptors (Lipinski definition) is 1. The highest BCUT2D eigenvalue weighted by molar-refractivity contribution is 5.66. The summed E-state index contributed by atoms with van der Waals surface area (Å²) in [5.41, 5.74) is 0. The van der Waals surface area contributed by atoms with E-state index in [1.807, 2.05) is 12.2 Å². The van der Waals surface area contributed by atoms with Gasteiger partial charge in [0.15, 0.2) is 0 Å². The second-order valence-electron chi connectivity index (χ2n) is 5.73. The van der Waals surface area contributed by atoms with E-state index < -0.39 is 5.97 Å². The number of rotatable bonds is 15. The second kappa shape index (κ2) is 19.2. The summed E-state index contributed by atoms with van der Waals surface area (Å²) in [7, 11) is 0. The molecule has 0 heterocycles. The summed E-state index contributed by atoms with van der Waals surface area (Å²) < 4.78 is 0. The lowest BCUT2D eigenvalue weighted by atomic mass is 10.2. The van der Waals surface area contributed by atoms with E-state index in [1.54, 1.807) is 0 Å². The molecule has 0 saturated carbocycles. The second-order valence-corrected chi connectivity index (χ2v) is 5.73. The van der Waals surface area contributed by atoms with Gasteiger partial charge in [0.2, 0.25) is 0 Å². The number of aliphatic carboxylic acids is 1. The zero-order chi connectivity index (χ0) is 17.7. The SMILES string of the molecule is CCCCC/C=C/C/C=C\C/C=C\C/C=C\C/C=C/CCC(=O)O. The van der Waals surface area contributed by atoms with Crippen LogP contribution in [0.25, 0.3) is 0 Å². The van der Waals surface area contributed by atoms with Crippen molar-refractivity contribution < 1.29 is 9.90 Å². The van der Waals surface area contributed by atoms with Crippen LogP contribution in [0.3, 0.4) is 0 Å². The molecule has 0 atom stereocenters. The summed E-state index contributed by atoms with van der Waals surface area (Å²) in [6.07, 6.45) is 31.4. The molecular weight excluding hydrogens is 296 g/mol. The van der Waals surface area contributed by atoms with E-state index in [9.17, 15) is 4.79 Å². The van der Waals surface area contributed by atoms with Crippen molar-refractivity contribution in [3.05, 3.63) is 60.8 Å². The Morgan fingerprint density at radius 1 is 0.667 bits per heavy atom. The van der Waals surface area contributed by atoms with Gasteiger partial charge in [-0.15, -0.1) is 0 Å². The minimum absolute atomic E-state index is 0.213. The van der Waals surface area contributed by atoms with Gasteiger partial charge in [0, 0.05) is 6.42 Å². The van der Waals surface area contributed by atoms with Crippen LogP contribution in [0, 0.1) is 0 Å². The molecule has 0 fully saturated rings. The van der Waals surface area contributed by atoms with E-state index in [0.717, 1.165) is 25.7 Å². The van der Waals surface area contributed by atoms with Crippen molar-refractivity contribution in [2.45, 2.75) is 71.1 Å². The first-order valence-electron chi connectivity index (χ1n) is 9.24. The lowest BCUT2D eigenvalue weighted by Crippen LogP contribution is -1.91. The highest BCUT2D eigenvalue weighted by Gasteiger charge is 1.90. The zero-order valence-electron chi connectivity index (χ0n) is 15.2. The molecule has 0 aliphatic rings. The van der Waals surface area contributed by atoms with Crippen LogP contribution < -0.4 is 0 Å². The maximum atomic E-state index is 10.3. The molecule has 0 unspecified atom stereocenters. The zero-order valence-corrected chi connectivity index (χ0v) is 15.2. The fourth-order valence-corrected chi connectivity index (χ4v) is 2.04. The van der Waals surface area contributed by atoms with Gasteiger partial charge in [0.05, 0.1) is 0 Å². The molecule has 0 aromatic carbocycles. The molecule has 0 spiro atoms. The summed E-state index contributed by atoms with van der Waals surface area (Å²) in [4.78, 5) is 10.3. The quantitative estimate of drug-likeness (QED) is 0.265. The number of carboxylic acids is 1. The molecule has 0 amide bonds. The monoisotopic (exact) mass is 330 g/mol. The molecule has 2 heteroatoms. The van der Waals surface area contributed by atoms with Crippen molar-refractivity contribution in [3.8, 4) is 0 Å². The van der Waals surface area contributed by atoms with Gasteiger partial charge in [-0.25, -0.2) is 0 Å². The van der Waals surface area contributed by atoms with Crippen LogP contribution in [-0.4, -0.2) is 11.1 Å². The molecule has 0 rings (SSSR count). The highest BCUT2D eigenvalue weighted by atomic mass is 16.4. The van der Waals surface area contributed by atoms with Crippen LogP contribution in [0.2, 0.25) is 0 Å². The Morgan fingerprint density at radius 3 is 1.50 bits per heavy atom. The Hall–Kier alpha value is -1.83. The molecule has 0 aliphatic heterocycles. The van der Waals surface area contributed by atoms with Crippen LogP contribution in [0.1, 0.15) is 71.1 Å². The van der Waals surface area contributed by atoms with Gasteiger partial charge in [0.25, 0.3) is 0 Å². The molecule has 0 saturated heterocycles. The molecule has 2 nitrogen and oxygen atoms in total. The van der Waals surface area contributed by atoms with Gasteiger partial charge >= 0.3 is 5.97 Å². The maximum absolute atomic E-state index is 10.3. The number of hydrogen-bond donors (Lipinski definition) is 1. The Morgan fingerprint density at radius 2 is 1.08 bits per heavy atom. The Balaban J connectivity index is 3.46. The molecular formula is C22H34O2. The van der Waals surface area contributed by atoms with Gasteiger partial charge in [-0.05, 0) is 44.9 Å². The number of carboxylic acid groups (broad SMARTS) is 1. The van der Waals surface area contributed by atoms with E-state index >= 15 is 0 Å². The van der Waals surface area contributed by atoms with E-state index in [-0.39, 0.29) is 6.42 Å². The van der Waals surface area contributed by atoms with Gasteiger partial charge in [-0.3, -0.25) is 4.79 Å². The molecule has 0 bridgehead atoms. The molecule has 1 N–H and O–H groups in total. The smallest absolute Gasteiger partial charge is 0.303 e. The molecule has 0 aromatic rings. The van der Waals surface area contributed by atoms with Crippen molar-refractivity contribution in [1.82, 2.24) is 0 Å². The topological polar surface area (TPSA) is 37.3 Å². The minimum Gasteiger partial charge on any atom is -0.481 e. The predicted octanol–water partition coefficient (Wildman–Crippen LogP) is 6.77. The lowest BCUT2D eigenvalue weighted by molar-refractivity contribution is -0.136. The first-order valence-corrected chi connectivity index (χ1v) is 9.24. The lowest BCUT2D eigenvalue weighted by Gasteiger charge is -1.90. The van der Waals surface area contributed by atoms with Gasteiger partial charge < -0.3 is 5.11 Å². The fraction of sp³-hybridized carbons (Fsp3) is 0.500. The van der Waals surface area contributed by atoms with Crippen LogP contribution >= 0.6 is 0 Å². The Kier molecular flexibility index (Phi) is 17.8. The normalized spacial score (nSPS) is 12.7. The van der Waals surface area contributed by atoms with Gasteiger partial charge in [-0.1, -0.05) is 80.5 Å². The van der Waals surface area contributed by atoms with E-state index in [4.69, 9.17) is 5.11 Å². The fourth-order valence-electron chi connectivity index (χ4n) is 2.04. The van der Waals surface area contributed by atoms with E-state index in [1.165, 1.54) is 25.7 Å². The van der Waals surface area contributed by atoms with Crippen LogP contribution in [0.15, 0.2) is 60.8 Å². The van der Waals surface area contributed by atoms with Crippen molar-refractivity contribution in [1.29, 1.82) is 0 Å². The molecule has 24 heavy (non-hydrogen) atoms. The minimum atomic E-state index is -0.739. The van der Waals surface area contributed by atoms with Crippen LogP contribution in [0.5, 0.6) is 0 Å². The Labute approximate surface area is 148 Å². The van der Waals surface area contributed by atoms with Crippen molar-refractivity contribution in [2.24, 2.45) is 0 Å². The first kappa shape index (κ1) is 22.2. The van der Waals surface area contributed by atoms with E-state index in [0.29, 0.717) is 6.42 Å². The maximum Gasteiger partial charge on any atom is 0.303 e. The number of unbranched alkanes of at least 4 members (excludes halogenated alkanes) is 3. The third kappa shape index (κ3) is 20.2. The van der Waals surface area contributed by atoms with Crippen molar-refractivity contribution in [2.75, 3.05) is 0 Å².